The molecule has 244 valence electrons. The Kier molecular flexibility index (Phi) is 11.7. The first-order valence-electron chi connectivity index (χ1n) is 15.1. The van der Waals surface area contributed by atoms with E-state index in [1.54, 1.807) is 0 Å². The van der Waals surface area contributed by atoms with Gasteiger partial charge in [-0.3, -0.25) is 19.4 Å². The predicted molar refractivity (Wildman–Crippen MR) is 160 cm³/mol. The van der Waals surface area contributed by atoms with Gasteiger partial charge in [-0.2, -0.15) is 8.78 Å². The number of halogens is 3. The quantitative estimate of drug-likeness (QED) is 0.198. The summed E-state index contributed by atoms with van der Waals surface area (Å²) in [6.07, 6.45) is 0.691. The number of carbonyl (C=O) groups is 4. The Labute approximate surface area is 264 Å². The molecule has 45 heavy (non-hydrogen) atoms. The standard InChI is InChI=1S/C31H38ClF2N5O6/c1-2-3-9-23(28(42)38-24(15-18-12-14-36-27(18)41)25(40)29(43)37-22-10-11-22)39-30(44)45-26(19-6-5-13-35-17-19)31(33,34)20-7-4-8-21(32)16-20/h4-8,13,16-18,22-26,40H,2-3,9-12,14-15H2,1H3,(H,36,41)(H,37,43)(H,38,42)(H,39,44)/t18-,23-,24-,25?,26?/m0/s1. The van der Waals surface area contributed by atoms with Gasteiger partial charge in [-0.1, -0.05) is 49.6 Å². The lowest BCUT2D eigenvalue weighted by atomic mass is 9.94. The summed E-state index contributed by atoms with van der Waals surface area (Å²) in [6, 6.07) is 5.30. The van der Waals surface area contributed by atoms with Crippen LogP contribution in [0.2, 0.25) is 5.02 Å². The number of aliphatic hydroxyl groups is 1. The second kappa shape index (κ2) is 15.4. The molecular weight excluding hydrogens is 612 g/mol. The van der Waals surface area contributed by atoms with Crippen molar-refractivity contribution in [1.29, 1.82) is 0 Å². The van der Waals surface area contributed by atoms with Gasteiger partial charge in [-0.05, 0) is 50.3 Å². The number of pyridine rings is 1. The van der Waals surface area contributed by atoms with Gasteiger partial charge in [0.05, 0.1) is 6.04 Å². The third kappa shape index (κ3) is 9.33. The van der Waals surface area contributed by atoms with Crippen LogP contribution >= 0.6 is 11.6 Å². The number of amides is 4. The number of alkyl carbamates (subject to hydrolysis) is 1. The molecule has 1 aliphatic heterocycles. The van der Waals surface area contributed by atoms with Gasteiger partial charge in [0.1, 0.15) is 6.04 Å². The minimum Gasteiger partial charge on any atom is -0.434 e. The molecule has 14 heteroatoms. The molecule has 0 bridgehead atoms. The van der Waals surface area contributed by atoms with Crippen molar-refractivity contribution in [3.8, 4) is 0 Å². The average molecular weight is 650 g/mol. The van der Waals surface area contributed by atoms with E-state index in [-0.39, 0.29) is 35.4 Å². The van der Waals surface area contributed by atoms with Gasteiger partial charge in [0.15, 0.2) is 12.2 Å². The Morgan fingerprint density at radius 3 is 2.56 bits per heavy atom. The van der Waals surface area contributed by atoms with E-state index in [0.717, 1.165) is 31.2 Å². The van der Waals surface area contributed by atoms with Crippen LogP contribution in [0.5, 0.6) is 0 Å². The summed E-state index contributed by atoms with van der Waals surface area (Å²) in [5.41, 5.74) is -0.582. The Balaban J connectivity index is 1.52. The zero-order chi connectivity index (χ0) is 32.6. The van der Waals surface area contributed by atoms with E-state index in [1.165, 1.54) is 30.5 Å². The largest absolute Gasteiger partial charge is 0.434 e. The smallest absolute Gasteiger partial charge is 0.408 e. The maximum Gasteiger partial charge on any atom is 0.408 e. The van der Waals surface area contributed by atoms with Crippen LogP contribution in [0, 0.1) is 5.92 Å². The molecule has 5 atom stereocenters. The second-order valence-corrected chi connectivity index (χ2v) is 11.8. The maximum absolute atomic E-state index is 15.8. The van der Waals surface area contributed by atoms with E-state index >= 15 is 8.78 Å². The van der Waals surface area contributed by atoms with Crippen molar-refractivity contribution in [2.24, 2.45) is 5.92 Å². The zero-order valence-electron chi connectivity index (χ0n) is 24.8. The number of rotatable bonds is 15. The summed E-state index contributed by atoms with van der Waals surface area (Å²) in [5, 5.41) is 21.4. The summed E-state index contributed by atoms with van der Waals surface area (Å²) in [5.74, 6) is -5.98. The van der Waals surface area contributed by atoms with Crippen molar-refractivity contribution in [3.05, 3.63) is 64.9 Å². The first-order chi connectivity index (χ1) is 21.5. The fraction of sp³-hybridized carbons (Fsp3) is 0.516. The molecule has 0 spiro atoms. The number of unbranched alkanes of at least 4 members (excludes halogenated alkanes) is 1. The van der Waals surface area contributed by atoms with Crippen molar-refractivity contribution in [1.82, 2.24) is 26.3 Å². The Hall–Kier alpha value is -3.84. The Morgan fingerprint density at radius 1 is 1.16 bits per heavy atom. The van der Waals surface area contributed by atoms with Crippen molar-refractivity contribution in [2.45, 2.75) is 88.1 Å². The third-order valence-electron chi connectivity index (χ3n) is 7.81. The van der Waals surface area contributed by atoms with Crippen LogP contribution in [-0.2, 0) is 25.0 Å². The SMILES string of the molecule is CCCC[C@H](NC(=O)OC(c1cccnc1)C(F)(F)c1cccc(Cl)c1)C(=O)N[C@@H](C[C@@H]1CCNC1=O)C(O)C(=O)NC1CC1. The number of alkyl halides is 2. The van der Waals surface area contributed by atoms with E-state index in [1.807, 2.05) is 6.92 Å². The number of nitrogens with zero attached hydrogens (tertiary/aromatic N) is 1. The molecule has 2 heterocycles. The molecule has 2 fully saturated rings. The zero-order valence-corrected chi connectivity index (χ0v) is 25.6. The first kappa shape index (κ1) is 34.0. The first-order valence-corrected chi connectivity index (χ1v) is 15.4. The number of hydrogen-bond acceptors (Lipinski definition) is 7. The second-order valence-electron chi connectivity index (χ2n) is 11.4. The van der Waals surface area contributed by atoms with Crippen LogP contribution in [0.1, 0.15) is 69.1 Å². The molecule has 1 aromatic heterocycles. The predicted octanol–water partition coefficient (Wildman–Crippen LogP) is 3.50. The molecule has 1 aromatic carbocycles. The number of aromatic nitrogens is 1. The lowest BCUT2D eigenvalue weighted by molar-refractivity contribution is -0.134. The van der Waals surface area contributed by atoms with Gasteiger partial charge in [-0.15, -0.1) is 0 Å². The molecular formula is C31H38ClF2N5O6. The van der Waals surface area contributed by atoms with Gasteiger partial charge < -0.3 is 31.1 Å². The summed E-state index contributed by atoms with van der Waals surface area (Å²) in [6.45, 7) is 2.30. The highest BCUT2D eigenvalue weighted by Crippen LogP contribution is 2.43. The normalized spacial score (nSPS) is 19.0. The van der Waals surface area contributed by atoms with E-state index in [4.69, 9.17) is 16.3 Å². The topological polar surface area (TPSA) is 159 Å². The minimum absolute atomic E-state index is 0.0172. The maximum atomic E-state index is 15.8. The average Bonchev–Trinajstić information content (AvgIpc) is 3.75. The third-order valence-corrected chi connectivity index (χ3v) is 8.04. The molecule has 2 aromatic rings. The highest BCUT2D eigenvalue weighted by molar-refractivity contribution is 6.30. The number of aliphatic hydroxyl groups excluding tert-OH is 1. The summed E-state index contributed by atoms with van der Waals surface area (Å²) >= 11 is 5.96. The van der Waals surface area contributed by atoms with Crippen LogP contribution in [-0.4, -0.2) is 64.7 Å². The number of hydrogen-bond donors (Lipinski definition) is 5. The number of benzene rings is 1. The fourth-order valence-electron chi connectivity index (χ4n) is 5.11. The van der Waals surface area contributed by atoms with Crippen molar-refractivity contribution < 1.29 is 37.8 Å². The van der Waals surface area contributed by atoms with Crippen LogP contribution in [0.4, 0.5) is 13.6 Å². The number of nitrogens with one attached hydrogen (secondary N) is 4. The molecule has 5 N–H and O–H groups in total. The number of carbonyl (C=O) groups excluding carboxylic acids is 4. The van der Waals surface area contributed by atoms with Gasteiger partial charge in [-0.25, -0.2) is 4.79 Å². The van der Waals surface area contributed by atoms with E-state index in [0.29, 0.717) is 25.8 Å². The molecule has 4 rings (SSSR count). The lowest BCUT2D eigenvalue weighted by Gasteiger charge is -2.29. The molecule has 1 saturated heterocycles. The van der Waals surface area contributed by atoms with E-state index < -0.39 is 59.6 Å². The summed E-state index contributed by atoms with van der Waals surface area (Å²) < 4.78 is 37.0. The molecule has 1 saturated carbocycles. The van der Waals surface area contributed by atoms with Crippen molar-refractivity contribution in [2.75, 3.05) is 6.54 Å². The highest BCUT2D eigenvalue weighted by atomic mass is 35.5. The summed E-state index contributed by atoms with van der Waals surface area (Å²) in [4.78, 5) is 55.5. The molecule has 4 amide bonds. The molecule has 1 aliphatic carbocycles. The highest BCUT2D eigenvalue weighted by Gasteiger charge is 2.46. The van der Waals surface area contributed by atoms with E-state index in [2.05, 4.69) is 26.3 Å². The summed E-state index contributed by atoms with van der Waals surface area (Å²) in [7, 11) is 0. The monoisotopic (exact) mass is 649 g/mol. The van der Waals surface area contributed by atoms with Gasteiger partial charge >= 0.3 is 12.0 Å². The van der Waals surface area contributed by atoms with Crippen LogP contribution in [0.3, 0.4) is 0 Å². The number of ether oxygens (including phenoxy) is 1. The Morgan fingerprint density at radius 2 is 1.93 bits per heavy atom. The fourth-order valence-corrected chi connectivity index (χ4v) is 5.30. The lowest BCUT2D eigenvalue weighted by Crippen LogP contribution is -2.56. The van der Waals surface area contributed by atoms with Crippen LogP contribution < -0.4 is 21.3 Å². The molecule has 0 radical (unpaired) electrons. The molecule has 2 unspecified atom stereocenters. The van der Waals surface area contributed by atoms with Crippen molar-refractivity contribution in [3.63, 3.8) is 0 Å². The molecule has 2 aliphatic rings. The minimum atomic E-state index is -3.74. The van der Waals surface area contributed by atoms with Crippen LogP contribution in [0.15, 0.2) is 48.8 Å². The van der Waals surface area contributed by atoms with Gasteiger partial charge in [0.2, 0.25) is 11.8 Å². The van der Waals surface area contributed by atoms with Crippen molar-refractivity contribution >= 4 is 35.4 Å². The molecule has 11 nitrogen and oxygen atoms in total. The van der Waals surface area contributed by atoms with Gasteiger partial charge in [0.25, 0.3) is 5.91 Å². The Bertz CT molecular complexity index is 1350. The van der Waals surface area contributed by atoms with E-state index in [9.17, 15) is 24.3 Å². The van der Waals surface area contributed by atoms with Crippen LogP contribution in [0.25, 0.3) is 0 Å². The van der Waals surface area contributed by atoms with Gasteiger partial charge in [0, 0.05) is 47.0 Å².